The van der Waals surface area contributed by atoms with Gasteiger partial charge in [0, 0.05) is 6.54 Å². The van der Waals surface area contributed by atoms with Gasteiger partial charge in [0.15, 0.2) is 11.2 Å². The summed E-state index contributed by atoms with van der Waals surface area (Å²) in [6.45, 7) is -0.657. The lowest BCUT2D eigenvalue weighted by atomic mass is 10.4. The maximum Gasteiger partial charge on any atom is 0.280 e. The number of nitrogens with one attached hydrogen (secondary N) is 1. The molecule has 0 aromatic carbocycles. The highest BCUT2D eigenvalue weighted by atomic mass is 18.2. The number of anilines is 1. The van der Waals surface area contributed by atoms with Crippen LogP contribution >= 0.6 is 0 Å². The van der Waals surface area contributed by atoms with E-state index in [1.165, 1.54) is 6.33 Å². The van der Waals surface area contributed by atoms with Crippen LogP contribution in [0.4, 0.5) is 10.3 Å². The number of aromatic nitrogens is 4. The van der Waals surface area contributed by atoms with E-state index in [0.717, 1.165) is 0 Å². The smallest absolute Gasteiger partial charge is 0.280 e. The number of alkyl halides is 1. The molecule has 1 atom stereocenters. The number of nitrogen functional groups attached to an aromatic ring is 1. The molecule has 0 spiro atoms. The number of aliphatic hydroxyl groups is 1. The van der Waals surface area contributed by atoms with E-state index >= 15 is 0 Å². The van der Waals surface area contributed by atoms with Crippen molar-refractivity contribution < 1.29 is 14.2 Å². The molecule has 9 heteroatoms. The number of halogens is 1. The molecular formula is C10H14FN5O3. The third-order valence-electron chi connectivity index (χ3n) is 2.55. The molecule has 2 rings (SSSR count). The van der Waals surface area contributed by atoms with E-state index in [2.05, 4.69) is 15.0 Å². The normalized spacial score (nSPS) is 12.9. The van der Waals surface area contributed by atoms with Gasteiger partial charge in [-0.1, -0.05) is 0 Å². The maximum absolute atomic E-state index is 12.3. The molecule has 8 nitrogen and oxygen atoms in total. The molecule has 0 amide bonds. The second-order valence-electron chi connectivity index (χ2n) is 3.89. The van der Waals surface area contributed by atoms with Crippen LogP contribution in [-0.2, 0) is 11.3 Å². The standard InChI is InChI=1S/C10H14FN5O3/c11-3-6(4-17)19-2-1-16-5-13-7-8(16)14-10(12)15-9(7)18/h5-6,17H,1-4H2,(H3,12,14,15,18)/i11-1. The van der Waals surface area contributed by atoms with Crippen LogP contribution in [0.25, 0.3) is 11.2 Å². The van der Waals surface area contributed by atoms with Crippen LogP contribution < -0.4 is 11.3 Å². The quantitative estimate of drug-likeness (QED) is 0.622. The maximum atomic E-state index is 12.3. The number of nitrogens with zero attached hydrogens (tertiary/aromatic N) is 3. The van der Waals surface area contributed by atoms with Crippen LogP contribution in [-0.4, -0.2) is 50.6 Å². The summed E-state index contributed by atoms with van der Waals surface area (Å²) in [4.78, 5) is 21.8. The van der Waals surface area contributed by atoms with E-state index in [9.17, 15) is 9.18 Å². The summed E-state index contributed by atoms with van der Waals surface area (Å²) in [6.07, 6.45) is 0.593. The third kappa shape index (κ3) is 2.88. The molecule has 104 valence electrons. The minimum atomic E-state index is -0.837. The Labute approximate surface area is 107 Å². The number of fused-ring (bicyclic) bond motifs is 1. The van der Waals surface area contributed by atoms with Crippen LogP contribution in [0.2, 0.25) is 0 Å². The Morgan fingerprint density at radius 2 is 2.42 bits per heavy atom. The van der Waals surface area contributed by atoms with Gasteiger partial charge in [-0.2, -0.15) is 4.98 Å². The summed E-state index contributed by atoms with van der Waals surface area (Å²) in [6, 6.07) is 0. The van der Waals surface area contributed by atoms with E-state index in [1.54, 1.807) is 4.57 Å². The first-order valence-corrected chi connectivity index (χ1v) is 5.64. The molecule has 2 aromatic heterocycles. The first-order chi connectivity index (χ1) is 9.15. The second-order valence-corrected chi connectivity index (χ2v) is 3.89. The number of H-pyrrole nitrogens is 1. The lowest BCUT2D eigenvalue weighted by molar-refractivity contribution is -0.00398. The molecule has 0 fully saturated rings. The van der Waals surface area contributed by atoms with Gasteiger partial charge in [-0.25, -0.2) is 9.37 Å². The zero-order chi connectivity index (χ0) is 13.8. The van der Waals surface area contributed by atoms with E-state index in [1.807, 2.05) is 0 Å². The predicted molar refractivity (Wildman–Crippen MR) is 65.4 cm³/mol. The van der Waals surface area contributed by atoms with Gasteiger partial charge in [0.05, 0.1) is 19.5 Å². The van der Waals surface area contributed by atoms with Crippen molar-refractivity contribution in [1.29, 1.82) is 0 Å². The van der Waals surface area contributed by atoms with E-state index in [4.69, 9.17) is 15.6 Å². The van der Waals surface area contributed by atoms with Crippen molar-refractivity contribution >= 4 is 17.1 Å². The second kappa shape index (κ2) is 5.76. The molecule has 0 bridgehead atoms. The fraction of sp³-hybridized carbons (Fsp3) is 0.500. The zero-order valence-electron chi connectivity index (χ0n) is 10.0. The number of aromatic amines is 1. The van der Waals surface area contributed by atoms with Gasteiger partial charge in [0.1, 0.15) is 12.8 Å². The Kier molecular flexibility index (Phi) is 4.07. The van der Waals surface area contributed by atoms with Gasteiger partial charge < -0.3 is 20.1 Å². The molecule has 4 N–H and O–H groups in total. The lowest BCUT2D eigenvalue weighted by Crippen LogP contribution is -2.22. The van der Waals surface area contributed by atoms with Gasteiger partial charge in [0.25, 0.3) is 5.56 Å². The highest BCUT2D eigenvalue weighted by Crippen LogP contribution is 2.06. The molecule has 2 heterocycles. The Morgan fingerprint density at radius 3 is 3.11 bits per heavy atom. The van der Waals surface area contributed by atoms with Crippen molar-refractivity contribution in [2.75, 3.05) is 25.6 Å². The van der Waals surface area contributed by atoms with Gasteiger partial charge in [-0.3, -0.25) is 9.78 Å². The van der Waals surface area contributed by atoms with Crippen LogP contribution in [0.5, 0.6) is 0 Å². The highest BCUT2D eigenvalue weighted by Gasteiger charge is 2.10. The number of hydrogen-bond acceptors (Lipinski definition) is 6. The van der Waals surface area contributed by atoms with Crippen molar-refractivity contribution in [2.45, 2.75) is 12.6 Å². The van der Waals surface area contributed by atoms with E-state index in [0.29, 0.717) is 12.2 Å². The molecule has 19 heavy (non-hydrogen) atoms. The highest BCUT2D eigenvalue weighted by molar-refractivity contribution is 5.70. The fourth-order valence-electron chi connectivity index (χ4n) is 1.60. The number of imidazole rings is 1. The first-order valence-electron chi connectivity index (χ1n) is 5.64. The Hall–Kier alpha value is -2.00. The SMILES string of the molecule is Nc1nc2c(ncn2CCOC(CO)C[18F])c(=O)[nH]1. The van der Waals surface area contributed by atoms with Crippen LogP contribution in [0.1, 0.15) is 0 Å². The molecule has 0 saturated heterocycles. The summed E-state index contributed by atoms with van der Waals surface area (Å²) in [5.41, 5.74) is 5.55. The molecular weight excluding hydrogens is 256 g/mol. The van der Waals surface area contributed by atoms with E-state index in [-0.39, 0.29) is 24.7 Å². The number of nitrogens with two attached hydrogens (primary N) is 1. The van der Waals surface area contributed by atoms with Crippen molar-refractivity contribution in [3.63, 3.8) is 0 Å². The first kappa shape index (κ1) is 13.4. The molecule has 0 aliphatic rings. The van der Waals surface area contributed by atoms with Crippen molar-refractivity contribution in [2.24, 2.45) is 0 Å². The molecule has 0 aliphatic heterocycles. The zero-order valence-corrected chi connectivity index (χ0v) is 10.0. The molecule has 2 aromatic rings. The predicted octanol–water partition coefficient (Wildman–Crippen LogP) is -0.951. The average molecular weight is 270 g/mol. The summed E-state index contributed by atoms with van der Waals surface area (Å²) in [7, 11) is 0. The summed E-state index contributed by atoms with van der Waals surface area (Å²) < 4.78 is 19.0. The van der Waals surface area contributed by atoms with Gasteiger partial charge >= 0.3 is 0 Å². The lowest BCUT2D eigenvalue weighted by Gasteiger charge is -2.11. The minimum absolute atomic E-state index is 0.00263. The van der Waals surface area contributed by atoms with E-state index < -0.39 is 18.3 Å². The Morgan fingerprint density at radius 1 is 1.63 bits per heavy atom. The fourth-order valence-corrected chi connectivity index (χ4v) is 1.60. The summed E-state index contributed by atoms with van der Waals surface area (Å²) in [5.74, 6) is -0.00263. The largest absolute Gasteiger partial charge is 0.394 e. The number of ether oxygens (including phenoxy) is 1. The molecule has 0 saturated carbocycles. The number of hydrogen-bond donors (Lipinski definition) is 3. The van der Waals surface area contributed by atoms with Crippen LogP contribution in [0.15, 0.2) is 11.1 Å². The Balaban J connectivity index is 2.11. The summed E-state index contributed by atoms with van der Waals surface area (Å²) in [5, 5.41) is 8.77. The van der Waals surface area contributed by atoms with Crippen LogP contribution in [0.3, 0.4) is 0 Å². The molecule has 1 unspecified atom stereocenters. The number of aliphatic hydroxyl groups excluding tert-OH is 1. The third-order valence-corrected chi connectivity index (χ3v) is 2.55. The van der Waals surface area contributed by atoms with Crippen molar-refractivity contribution in [1.82, 2.24) is 19.5 Å². The molecule has 0 radical (unpaired) electrons. The summed E-state index contributed by atoms with van der Waals surface area (Å²) >= 11 is 0. The number of rotatable bonds is 6. The van der Waals surface area contributed by atoms with Crippen molar-refractivity contribution in [3.05, 3.63) is 16.7 Å². The minimum Gasteiger partial charge on any atom is -0.394 e. The van der Waals surface area contributed by atoms with Crippen molar-refractivity contribution in [3.8, 4) is 0 Å². The van der Waals surface area contributed by atoms with Gasteiger partial charge in [0.2, 0.25) is 5.95 Å². The van der Waals surface area contributed by atoms with Crippen LogP contribution in [0, 0.1) is 0 Å². The topological polar surface area (TPSA) is 119 Å². The monoisotopic (exact) mass is 270 g/mol. The Bertz CT molecular complexity index is 607. The van der Waals surface area contributed by atoms with Gasteiger partial charge in [-0.15, -0.1) is 0 Å². The average Bonchev–Trinajstić information content (AvgIpc) is 2.78. The van der Waals surface area contributed by atoms with Gasteiger partial charge in [-0.05, 0) is 0 Å². The molecule has 0 aliphatic carbocycles.